The van der Waals surface area contributed by atoms with Gasteiger partial charge in [-0.15, -0.1) is 0 Å². The summed E-state index contributed by atoms with van der Waals surface area (Å²) in [5, 5.41) is 0. The molecule has 3 heteroatoms. The zero-order chi connectivity index (χ0) is 11.9. The fourth-order valence-corrected chi connectivity index (χ4v) is 3.36. The fourth-order valence-electron chi connectivity index (χ4n) is 1.87. The van der Waals surface area contributed by atoms with Crippen LogP contribution in [-0.2, 0) is 0 Å². The van der Waals surface area contributed by atoms with E-state index in [1.165, 1.54) is 38.8 Å². The normalized spacial score (nSPS) is 13.0. The molecule has 0 aromatic heterocycles. The summed E-state index contributed by atoms with van der Waals surface area (Å²) < 4.78 is 0.707. The van der Waals surface area contributed by atoms with Gasteiger partial charge in [-0.1, -0.05) is 0 Å². The molecule has 0 aliphatic carbocycles. The number of nitrogens with zero attached hydrogens (tertiary/aromatic N) is 2. The van der Waals surface area contributed by atoms with Gasteiger partial charge in [-0.3, -0.25) is 0 Å². The number of hydrogen-bond donors (Lipinski definition) is 0. The van der Waals surface area contributed by atoms with Gasteiger partial charge in [0.2, 0.25) is 0 Å². The Bertz CT molecular complexity index is 140. The van der Waals surface area contributed by atoms with Gasteiger partial charge in [0.1, 0.15) is 0 Å². The first-order valence-corrected chi connectivity index (χ1v) is 8.23. The summed E-state index contributed by atoms with van der Waals surface area (Å²) in [5.41, 5.74) is 0. The summed E-state index contributed by atoms with van der Waals surface area (Å²) in [7, 11) is 8.67. The van der Waals surface area contributed by atoms with Gasteiger partial charge in [0, 0.05) is 0 Å². The van der Waals surface area contributed by atoms with Crippen LogP contribution >= 0.6 is 0 Å². The van der Waals surface area contributed by atoms with E-state index in [1.54, 1.807) is 0 Å². The van der Waals surface area contributed by atoms with Crippen molar-refractivity contribution in [1.82, 2.24) is 9.80 Å². The van der Waals surface area contributed by atoms with Gasteiger partial charge in [0.25, 0.3) is 0 Å². The van der Waals surface area contributed by atoms with Crippen molar-refractivity contribution in [2.75, 3.05) is 41.3 Å². The minimum atomic E-state index is 0.707. The molecule has 0 radical (unpaired) electrons. The van der Waals surface area contributed by atoms with E-state index in [0.717, 1.165) is 16.5 Å². The van der Waals surface area contributed by atoms with E-state index in [0.29, 0.717) is 4.25 Å². The molecular weight excluding hydrogens is 245 g/mol. The van der Waals surface area contributed by atoms with Crippen LogP contribution in [0.25, 0.3) is 0 Å². The monoisotopic (exact) mass is 276 g/mol. The number of hydrogen-bond acceptors (Lipinski definition) is 2. The van der Waals surface area contributed by atoms with E-state index in [1.807, 2.05) is 0 Å². The van der Waals surface area contributed by atoms with Crippen LogP contribution in [0.3, 0.4) is 0 Å². The third-order valence-corrected chi connectivity index (χ3v) is 5.02. The van der Waals surface area contributed by atoms with Gasteiger partial charge in [0.15, 0.2) is 0 Å². The summed E-state index contributed by atoms with van der Waals surface area (Å²) in [6.45, 7) is 4.98. The second-order valence-corrected chi connectivity index (χ2v) is 11.0. The van der Waals surface area contributed by atoms with Crippen LogP contribution in [0.2, 0.25) is 4.25 Å². The molecule has 92 valence electrons. The summed E-state index contributed by atoms with van der Waals surface area (Å²) in [6.07, 6.45) is 5.59. The van der Waals surface area contributed by atoms with Crippen molar-refractivity contribution in [2.45, 2.75) is 36.9 Å². The van der Waals surface area contributed by atoms with E-state index in [9.17, 15) is 0 Å². The van der Waals surface area contributed by atoms with Crippen molar-refractivity contribution < 1.29 is 0 Å². The molecule has 0 aliphatic heterocycles. The Balaban J connectivity index is 3.57. The first-order chi connectivity index (χ1) is 6.83. The van der Waals surface area contributed by atoms with Gasteiger partial charge in [0.05, 0.1) is 0 Å². The van der Waals surface area contributed by atoms with Crippen molar-refractivity contribution in [3.8, 4) is 0 Å². The molecule has 0 unspecified atom stereocenters. The molecule has 0 bridgehead atoms. The van der Waals surface area contributed by atoms with Gasteiger partial charge in [-0.05, 0) is 0 Å². The SMILES string of the molecule is CN(C)CCC[C](C)([GeH3])CCCN(C)C. The summed E-state index contributed by atoms with van der Waals surface area (Å²) in [4.78, 5) is 4.59. The van der Waals surface area contributed by atoms with Crippen LogP contribution in [0.15, 0.2) is 0 Å². The van der Waals surface area contributed by atoms with Gasteiger partial charge in [-0.25, -0.2) is 0 Å². The second kappa shape index (κ2) is 7.69. The average Bonchev–Trinajstić information content (AvgIpc) is 2.01. The Hall–Kier alpha value is 0.463. The molecule has 15 heavy (non-hydrogen) atoms. The maximum atomic E-state index is 2.48. The Labute approximate surface area is 105 Å². The maximum absolute atomic E-state index is 2.48. The van der Waals surface area contributed by atoms with E-state index in [2.05, 4.69) is 44.9 Å². The topological polar surface area (TPSA) is 6.48 Å². The van der Waals surface area contributed by atoms with Crippen LogP contribution in [0, 0.1) is 0 Å². The predicted molar refractivity (Wildman–Crippen MR) is 73.9 cm³/mol. The first-order valence-electron chi connectivity index (χ1n) is 6.13. The van der Waals surface area contributed by atoms with E-state index in [-0.39, 0.29) is 0 Å². The van der Waals surface area contributed by atoms with Crippen molar-refractivity contribution in [1.29, 1.82) is 0 Å². The third-order valence-electron chi connectivity index (χ3n) is 2.92. The van der Waals surface area contributed by atoms with Gasteiger partial charge >= 0.3 is 104 Å². The van der Waals surface area contributed by atoms with Crippen molar-refractivity contribution in [3.63, 3.8) is 0 Å². The summed E-state index contributed by atoms with van der Waals surface area (Å²) in [6, 6.07) is 0. The van der Waals surface area contributed by atoms with Crippen LogP contribution in [-0.4, -0.2) is 67.6 Å². The Kier molecular flexibility index (Phi) is 7.93. The first kappa shape index (κ1) is 15.5. The molecule has 0 fully saturated rings. The Morgan fingerprint density at radius 1 is 0.867 bits per heavy atom. The molecule has 0 amide bonds. The molecule has 0 aromatic carbocycles. The molecule has 0 N–H and O–H groups in total. The Morgan fingerprint density at radius 2 is 1.20 bits per heavy atom. The number of rotatable bonds is 8. The van der Waals surface area contributed by atoms with Crippen LogP contribution in [0.4, 0.5) is 0 Å². The summed E-state index contributed by atoms with van der Waals surface area (Å²) in [5.74, 6) is 0. The van der Waals surface area contributed by atoms with Crippen LogP contribution in [0.5, 0.6) is 0 Å². The molecule has 0 aromatic rings. The quantitative estimate of drug-likeness (QED) is 0.614. The Morgan fingerprint density at radius 3 is 1.47 bits per heavy atom. The predicted octanol–water partition coefficient (Wildman–Crippen LogP) is 1.21. The van der Waals surface area contributed by atoms with E-state index >= 15 is 0 Å². The van der Waals surface area contributed by atoms with Gasteiger partial charge in [-0.2, -0.15) is 0 Å². The summed E-state index contributed by atoms with van der Waals surface area (Å²) >= 11 is 0.957. The standard InChI is InChI=1S/C12H30GeN2/c1-12(13,8-6-10-14(2)3)9-7-11-15(4)5/h6-11H2,1-5,13H3. The van der Waals surface area contributed by atoms with Crippen molar-refractivity contribution in [2.24, 2.45) is 0 Å². The third kappa shape index (κ3) is 10.7. The molecule has 0 spiro atoms. The fraction of sp³-hybridized carbons (Fsp3) is 1.00. The zero-order valence-electron chi connectivity index (χ0n) is 11.6. The molecule has 0 atom stereocenters. The molecule has 0 saturated carbocycles. The molecule has 2 nitrogen and oxygen atoms in total. The van der Waals surface area contributed by atoms with Crippen molar-refractivity contribution in [3.05, 3.63) is 0 Å². The molecular formula is C12H30GeN2. The average molecular weight is 275 g/mol. The van der Waals surface area contributed by atoms with Gasteiger partial charge < -0.3 is 0 Å². The van der Waals surface area contributed by atoms with Crippen molar-refractivity contribution >= 4 is 16.5 Å². The molecule has 0 saturated heterocycles. The molecule has 0 rings (SSSR count). The van der Waals surface area contributed by atoms with E-state index < -0.39 is 0 Å². The van der Waals surface area contributed by atoms with Crippen LogP contribution in [0.1, 0.15) is 32.6 Å². The minimum absolute atomic E-state index is 0.707. The molecule has 0 heterocycles. The van der Waals surface area contributed by atoms with E-state index in [4.69, 9.17) is 0 Å². The van der Waals surface area contributed by atoms with Crippen LogP contribution < -0.4 is 0 Å². The second-order valence-electron chi connectivity index (χ2n) is 5.98. The molecule has 0 aliphatic rings. The zero-order valence-corrected chi connectivity index (χ0v) is 15.8.